The van der Waals surface area contributed by atoms with E-state index in [2.05, 4.69) is 5.32 Å². The van der Waals surface area contributed by atoms with Crippen molar-refractivity contribution in [3.63, 3.8) is 0 Å². The highest BCUT2D eigenvalue weighted by Crippen LogP contribution is 2.38. The summed E-state index contributed by atoms with van der Waals surface area (Å²) in [4.78, 5) is 24.3. The van der Waals surface area contributed by atoms with Crippen LogP contribution in [0.5, 0.6) is 0 Å². The Kier molecular flexibility index (Phi) is 7.12. The first kappa shape index (κ1) is 23.0. The maximum atomic E-state index is 13.2. The second kappa shape index (κ2) is 9.62. The molecule has 31 heavy (non-hydrogen) atoms. The van der Waals surface area contributed by atoms with Gasteiger partial charge in [0.05, 0.1) is 16.9 Å². The number of benzene rings is 2. The number of esters is 1. The summed E-state index contributed by atoms with van der Waals surface area (Å²) in [6, 6.07) is 15.9. The highest BCUT2D eigenvalue weighted by molar-refractivity contribution is 7.89. The fraction of sp³-hybridized carbons (Fsp3) is 0.391. The Labute approximate surface area is 183 Å². The van der Waals surface area contributed by atoms with E-state index in [-0.39, 0.29) is 36.5 Å². The molecule has 0 unspecified atom stereocenters. The smallest absolute Gasteiger partial charge is 0.312 e. The first-order valence-electron chi connectivity index (χ1n) is 10.4. The summed E-state index contributed by atoms with van der Waals surface area (Å²) in [7, 11) is -3.75. The van der Waals surface area contributed by atoms with Crippen molar-refractivity contribution in [2.75, 3.05) is 25.0 Å². The third kappa shape index (κ3) is 5.32. The Bertz CT molecular complexity index is 1030. The van der Waals surface area contributed by atoms with Crippen molar-refractivity contribution in [1.29, 1.82) is 0 Å². The minimum absolute atomic E-state index is 0.116. The van der Waals surface area contributed by atoms with Crippen LogP contribution in [-0.4, -0.2) is 44.3 Å². The lowest BCUT2D eigenvalue weighted by Gasteiger charge is -2.39. The summed E-state index contributed by atoms with van der Waals surface area (Å²) in [6.07, 6.45) is 1.27. The zero-order valence-corrected chi connectivity index (χ0v) is 18.7. The summed E-state index contributed by atoms with van der Waals surface area (Å²) in [6.45, 7) is 3.87. The Hall–Kier alpha value is -2.71. The molecule has 1 heterocycles. The average molecular weight is 445 g/mol. The lowest BCUT2D eigenvalue weighted by molar-refractivity contribution is -0.158. The van der Waals surface area contributed by atoms with Crippen molar-refractivity contribution in [3.05, 3.63) is 60.2 Å². The number of hydrogen-bond donors (Lipinski definition) is 1. The molecular weight excluding hydrogens is 416 g/mol. The van der Waals surface area contributed by atoms with Crippen molar-refractivity contribution < 1.29 is 22.7 Å². The number of amides is 1. The number of sulfonamides is 1. The second-order valence-electron chi connectivity index (χ2n) is 7.78. The standard InChI is InChI=1S/C23H28N2O5S/c1-3-30-22(27)23(17-19-8-5-4-6-9-19)12-14-25(15-13-23)31(28,29)21-11-7-10-20(16-21)24-18(2)26/h4-11,16H,3,12-15,17H2,1-2H3,(H,24,26). The summed E-state index contributed by atoms with van der Waals surface area (Å²) < 4.78 is 33.1. The van der Waals surface area contributed by atoms with Crippen molar-refractivity contribution >= 4 is 27.6 Å². The third-order valence-corrected chi connectivity index (χ3v) is 7.46. The number of piperidine rings is 1. The molecule has 0 saturated carbocycles. The van der Waals surface area contributed by atoms with Gasteiger partial charge in [-0.2, -0.15) is 4.31 Å². The predicted molar refractivity (Wildman–Crippen MR) is 118 cm³/mol. The van der Waals surface area contributed by atoms with Gasteiger partial charge in [-0.25, -0.2) is 8.42 Å². The number of nitrogens with zero attached hydrogens (tertiary/aromatic N) is 1. The van der Waals surface area contributed by atoms with Crippen LogP contribution >= 0.6 is 0 Å². The number of nitrogens with one attached hydrogen (secondary N) is 1. The van der Waals surface area contributed by atoms with Crippen LogP contribution < -0.4 is 5.32 Å². The summed E-state index contributed by atoms with van der Waals surface area (Å²) >= 11 is 0. The van der Waals surface area contributed by atoms with Crippen molar-refractivity contribution in [2.45, 2.75) is 38.0 Å². The van der Waals surface area contributed by atoms with Gasteiger partial charge in [-0.1, -0.05) is 36.4 Å². The molecule has 0 bridgehead atoms. The van der Waals surface area contributed by atoms with Crippen LogP contribution in [0.3, 0.4) is 0 Å². The first-order valence-corrected chi connectivity index (χ1v) is 11.8. The number of anilines is 1. The molecule has 166 valence electrons. The highest BCUT2D eigenvalue weighted by atomic mass is 32.2. The van der Waals surface area contributed by atoms with Crippen molar-refractivity contribution in [1.82, 2.24) is 4.31 Å². The quantitative estimate of drug-likeness (QED) is 0.662. The largest absolute Gasteiger partial charge is 0.466 e. The van der Waals surface area contributed by atoms with E-state index < -0.39 is 15.4 Å². The molecule has 0 radical (unpaired) electrons. The predicted octanol–water partition coefficient (Wildman–Crippen LogP) is 3.22. The molecule has 2 aromatic carbocycles. The summed E-state index contributed by atoms with van der Waals surface area (Å²) in [5, 5.41) is 2.61. The number of rotatable bonds is 7. The fourth-order valence-corrected chi connectivity index (χ4v) is 5.45. The lowest BCUT2D eigenvalue weighted by Crippen LogP contribution is -2.48. The number of carbonyl (C=O) groups is 2. The maximum absolute atomic E-state index is 13.2. The van der Waals surface area contributed by atoms with Crippen LogP contribution in [0, 0.1) is 5.41 Å². The molecule has 1 fully saturated rings. The molecule has 1 saturated heterocycles. The van der Waals surface area contributed by atoms with Gasteiger partial charge < -0.3 is 10.1 Å². The van der Waals surface area contributed by atoms with E-state index in [0.717, 1.165) is 5.56 Å². The Morgan fingerprint density at radius 2 is 1.74 bits per heavy atom. The van der Waals surface area contributed by atoms with Gasteiger partial charge in [0.2, 0.25) is 15.9 Å². The topological polar surface area (TPSA) is 92.8 Å². The first-order chi connectivity index (χ1) is 14.8. The molecule has 2 aromatic rings. The van der Waals surface area contributed by atoms with E-state index in [1.807, 2.05) is 30.3 Å². The number of hydrogen-bond acceptors (Lipinski definition) is 5. The van der Waals surface area contributed by atoms with Gasteiger partial charge in [-0.05, 0) is 49.9 Å². The van der Waals surface area contributed by atoms with Crippen LogP contribution in [-0.2, 0) is 30.8 Å². The van der Waals surface area contributed by atoms with E-state index >= 15 is 0 Å². The van der Waals surface area contributed by atoms with E-state index in [1.54, 1.807) is 19.1 Å². The van der Waals surface area contributed by atoms with Crippen LogP contribution in [0.4, 0.5) is 5.69 Å². The Morgan fingerprint density at radius 3 is 2.35 bits per heavy atom. The Morgan fingerprint density at radius 1 is 1.06 bits per heavy atom. The molecule has 0 atom stereocenters. The monoisotopic (exact) mass is 444 g/mol. The number of carbonyl (C=O) groups excluding carboxylic acids is 2. The van der Waals surface area contributed by atoms with Gasteiger partial charge in [0.25, 0.3) is 0 Å². The van der Waals surface area contributed by atoms with Crippen LogP contribution in [0.15, 0.2) is 59.5 Å². The zero-order valence-electron chi connectivity index (χ0n) is 17.8. The maximum Gasteiger partial charge on any atom is 0.312 e. The normalized spacial score (nSPS) is 16.5. The van der Waals surface area contributed by atoms with Crippen LogP contribution in [0.2, 0.25) is 0 Å². The van der Waals surface area contributed by atoms with Gasteiger partial charge in [0.1, 0.15) is 0 Å². The summed E-state index contributed by atoms with van der Waals surface area (Å²) in [5.74, 6) is -0.545. The molecule has 3 rings (SSSR count). The molecule has 1 N–H and O–H groups in total. The van der Waals surface area contributed by atoms with Gasteiger partial charge in [-0.3, -0.25) is 9.59 Å². The molecule has 0 spiro atoms. The molecule has 0 aliphatic carbocycles. The van der Waals surface area contributed by atoms with Crippen LogP contribution in [0.25, 0.3) is 0 Å². The third-order valence-electron chi connectivity index (χ3n) is 5.57. The van der Waals surface area contributed by atoms with Gasteiger partial charge in [-0.15, -0.1) is 0 Å². The molecule has 1 amide bonds. The van der Waals surface area contributed by atoms with Gasteiger partial charge >= 0.3 is 5.97 Å². The number of ether oxygens (including phenoxy) is 1. The molecule has 7 nitrogen and oxygen atoms in total. The molecule has 8 heteroatoms. The van der Waals surface area contributed by atoms with Crippen molar-refractivity contribution in [3.8, 4) is 0 Å². The minimum Gasteiger partial charge on any atom is -0.466 e. The molecular formula is C23H28N2O5S. The summed E-state index contributed by atoms with van der Waals surface area (Å²) in [5.41, 5.74) is 0.701. The van der Waals surface area contributed by atoms with E-state index in [9.17, 15) is 18.0 Å². The van der Waals surface area contributed by atoms with E-state index in [0.29, 0.717) is 24.9 Å². The zero-order chi connectivity index (χ0) is 22.5. The van der Waals surface area contributed by atoms with Gasteiger partial charge in [0.15, 0.2) is 0 Å². The van der Waals surface area contributed by atoms with E-state index in [4.69, 9.17) is 4.74 Å². The molecule has 0 aromatic heterocycles. The minimum atomic E-state index is -3.75. The average Bonchev–Trinajstić information content (AvgIpc) is 2.75. The lowest BCUT2D eigenvalue weighted by atomic mass is 9.74. The van der Waals surface area contributed by atoms with E-state index in [1.165, 1.54) is 23.4 Å². The SMILES string of the molecule is CCOC(=O)C1(Cc2ccccc2)CCN(S(=O)(=O)c2cccc(NC(C)=O)c2)CC1. The van der Waals surface area contributed by atoms with Crippen LogP contribution in [0.1, 0.15) is 32.3 Å². The Balaban J connectivity index is 1.80. The van der Waals surface area contributed by atoms with Crippen molar-refractivity contribution in [2.24, 2.45) is 5.41 Å². The molecule has 1 aliphatic rings. The highest BCUT2D eigenvalue weighted by Gasteiger charge is 2.45. The molecule has 1 aliphatic heterocycles. The fourth-order valence-electron chi connectivity index (χ4n) is 3.97. The second-order valence-corrected chi connectivity index (χ2v) is 9.71. The van der Waals surface area contributed by atoms with Gasteiger partial charge in [0, 0.05) is 25.7 Å².